The third-order valence-corrected chi connectivity index (χ3v) is 7.07. The maximum absolute atomic E-state index is 13.1. The van der Waals surface area contributed by atoms with E-state index in [1.165, 1.54) is 16.0 Å². The summed E-state index contributed by atoms with van der Waals surface area (Å²) in [4.78, 5) is 32.0. The van der Waals surface area contributed by atoms with Crippen LogP contribution in [-0.4, -0.2) is 65.3 Å². The molecule has 2 saturated heterocycles. The van der Waals surface area contributed by atoms with Crippen LogP contribution >= 0.6 is 0 Å². The molecule has 2 aliphatic heterocycles. The molecule has 0 unspecified atom stereocenters. The molecule has 5 rings (SSSR count). The van der Waals surface area contributed by atoms with E-state index in [1.807, 2.05) is 30.3 Å². The molecule has 174 valence electrons. The molecular weight excluding hydrogens is 422 g/mol. The van der Waals surface area contributed by atoms with Crippen LogP contribution in [0.2, 0.25) is 0 Å². The van der Waals surface area contributed by atoms with Gasteiger partial charge in [-0.05, 0) is 23.1 Å². The van der Waals surface area contributed by atoms with E-state index in [9.17, 15) is 9.59 Å². The molecule has 0 radical (unpaired) electrons. The summed E-state index contributed by atoms with van der Waals surface area (Å²) in [5.41, 5.74) is 3.70. The fourth-order valence-corrected chi connectivity index (χ4v) is 5.26. The van der Waals surface area contributed by atoms with E-state index in [-0.39, 0.29) is 23.9 Å². The molecule has 0 bridgehead atoms. The molecule has 5 nitrogen and oxygen atoms in total. The molecule has 0 aromatic heterocycles. The first-order chi connectivity index (χ1) is 16.7. The molecule has 1 atom stereocenters. The Hall–Kier alpha value is -3.28. The third kappa shape index (κ3) is 4.81. The van der Waals surface area contributed by atoms with Crippen LogP contribution in [0.25, 0.3) is 0 Å². The molecule has 2 aliphatic rings. The number of benzene rings is 3. The minimum Gasteiger partial charge on any atom is -0.290 e. The van der Waals surface area contributed by atoms with Crippen LogP contribution in [0.1, 0.15) is 29.2 Å². The summed E-state index contributed by atoms with van der Waals surface area (Å²) in [6.07, 6.45) is 1.00. The Morgan fingerprint density at radius 2 is 1.24 bits per heavy atom. The van der Waals surface area contributed by atoms with Crippen molar-refractivity contribution in [3.63, 3.8) is 0 Å². The van der Waals surface area contributed by atoms with Crippen LogP contribution < -0.4 is 0 Å². The van der Waals surface area contributed by atoms with Crippen LogP contribution in [0.3, 0.4) is 0 Å². The molecule has 5 heteroatoms. The minimum absolute atomic E-state index is 0.0305. The zero-order chi connectivity index (χ0) is 23.3. The van der Waals surface area contributed by atoms with Gasteiger partial charge in [0, 0.05) is 32.7 Å². The van der Waals surface area contributed by atoms with E-state index in [4.69, 9.17) is 0 Å². The Morgan fingerprint density at radius 3 is 1.79 bits per heavy atom. The van der Waals surface area contributed by atoms with Crippen LogP contribution in [0.5, 0.6) is 0 Å². The van der Waals surface area contributed by atoms with E-state index in [0.29, 0.717) is 19.4 Å². The lowest BCUT2D eigenvalue weighted by molar-refractivity contribution is -0.139. The topological polar surface area (TPSA) is 43.9 Å². The van der Waals surface area contributed by atoms with E-state index < -0.39 is 0 Å². The van der Waals surface area contributed by atoms with Crippen molar-refractivity contribution in [2.75, 3.05) is 32.7 Å². The Morgan fingerprint density at radius 1 is 0.706 bits per heavy atom. The summed E-state index contributed by atoms with van der Waals surface area (Å²) in [5, 5.41) is 0. The number of rotatable bonds is 7. The highest BCUT2D eigenvalue weighted by Crippen LogP contribution is 2.30. The first-order valence-electron chi connectivity index (χ1n) is 12.2. The fourth-order valence-electron chi connectivity index (χ4n) is 5.26. The SMILES string of the molecule is O=C1C[C@@H](N2CCN(C(c3ccccc3)c3ccccc3)CC2)C(=O)N1CCc1ccccc1. The van der Waals surface area contributed by atoms with Crippen LogP contribution in [0.15, 0.2) is 91.0 Å². The molecule has 0 spiro atoms. The summed E-state index contributed by atoms with van der Waals surface area (Å²) in [6.45, 7) is 3.74. The number of piperazine rings is 1. The fraction of sp³-hybridized carbons (Fsp3) is 0.310. The monoisotopic (exact) mass is 453 g/mol. The van der Waals surface area contributed by atoms with Crippen molar-refractivity contribution >= 4 is 11.8 Å². The molecular formula is C29H31N3O2. The largest absolute Gasteiger partial charge is 0.290 e. The lowest BCUT2D eigenvalue weighted by Gasteiger charge is -2.41. The first kappa shape index (κ1) is 22.5. The third-order valence-electron chi connectivity index (χ3n) is 7.07. The van der Waals surface area contributed by atoms with Crippen LogP contribution in [0.4, 0.5) is 0 Å². The van der Waals surface area contributed by atoms with Crippen molar-refractivity contribution in [3.05, 3.63) is 108 Å². The smallest absolute Gasteiger partial charge is 0.247 e. The lowest BCUT2D eigenvalue weighted by Crippen LogP contribution is -2.53. The first-order valence-corrected chi connectivity index (χ1v) is 12.2. The molecule has 3 aromatic rings. The second kappa shape index (κ2) is 10.3. The van der Waals surface area contributed by atoms with E-state index in [1.54, 1.807) is 0 Å². The van der Waals surface area contributed by atoms with Gasteiger partial charge in [0.05, 0.1) is 18.5 Å². The summed E-state index contributed by atoms with van der Waals surface area (Å²) >= 11 is 0. The number of amides is 2. The Balaban J connectivity index is 1.24. The van der Waals surface area contributed by atoms with Gasteiger partial charge in [-0.25, -0.2) is 0 Å². The standard InChI is InChI=1S/C29H31N3O2/c33-27-22-26(29(34)32(27)17-16-23-10-4-1-5-11-23)30-18-20-31(21-19-30)28(24-12-6-2-7-13-24)25-14-8-3-9-15-25/h1-15,26,28H,16-22H2/t26-/m1/s1. The number of hydrogen-bond donors (Lipinski definition) is 0. The van der Waals surface area contributed by atoms with Crippen molar-refractivity contribution in [1.29, 1.82) is 0 Å². The Labute approximate surface area is 201 Å². The second-order valence-electron chi connectivity index (χ2n) is 9.13. The second-order valence-corrected chi connectivity index (χ2v) is 9.13. The lowest BCUT2D eigenvalue weighted by atomic mass is 9.96. The van der Waals surface area contributed by atoms with Crippen molar-refractivity contribution in [3.8, 4) is 0 Å². The van der Waals surface area contributed by atoms with Gasteiger partial charge in [0.2, 0.25) is 11.8 Å². The molecule has 0 aliphatic carbocycles. The number of likely N-dealkylation sites (tertiary alicyclic amines) is 1. The highest BCUT2D eigenvalue weighted by atomic mass is 16.2. The molecule has 2 heterocycles. The summed E-state index contributed by atoms with van der Waals surface area (Å²) in [6, 6.07) is 31.1. The number of carbonyl (C=O) groups excluding carboxylic acids is 2. The minimum atomic E-state index is -0.322. The van der Waals surface area contributed by atoms with Gasteiger partial charge in [0.1, 0.15) is 0 Å². The van der Waals surface area contributed by atoms with Gasteiger partial charge in [-0.2, -0.15) is 0 Å². The highest BCUT2D eigenvalue weighted by molar-refractivity contribution is 6.05. The summed E-state index contributed by atoms with van der Waals surface area (Å²) in [7, 11) is 0. The number of carbonyl (C=O) groups is 2. The van der Waals surface area contributed by atoms with Gasteiger partial charge in [0.25, 0.3) is 0 Å². The zero-order valence-corrected chi connectivity index (χ0v) is 19.4. The maximum atomic E-state index is 13.1. The Bertz CT molecular complexity index is 1060. The van der Waals surface area contributed by atoms with Gasteiger partial charge in [-0.1, -0.05) is 91.0 Å². The van der Waals surface area contributed by atoms with Crippen molar-refractivity contribution in [2.45, 2.75) is 24.9 Å². The highest BCUT2D eigenvalue weighted by Gasteiger charge is 2.42. The molecule has 3 aromatic carbocycles. The Kier molecular flexibility index (Phi) is 6.84. The molecule has 2 fully saturated rings. The zero-order valence-electron chi connectivity index (χ0n) is 19.4. The summed E-state index contributed by atoms with van der Waals surface area (Å²) < 4.78 is 0. The van der Waals surface area contributed by atoms with E-state index >= 15 is 0 Å². The quantitative estimate of drug-likeness (QED) is 0.511. The molecule has 0 saturated carbocycles. The van der Waals surface area contributed by atoms with Gasteiger partial charge < -0.3 is 0 Å². The number of nitrogens with zero attached hydrogens (tertiary/aromatic N) is 3. The predicted octanol–water partition coefficient (Wildman–Crippen LogP) is 3.76. The van der Waals surface area contributed by atoms with Crippen molar-refractivity contribution in [1.82, 2.24) is 14.7 Å². The van der Waals surface area contributed by atoms with Crippen molar-refractivity contribution < 1.29 is 9.59 Å². The van der Waals surface area contributed by atoms with Crippen LogP contribution in [0, 0.1) is 0 Å². The molecule has 2 amide bonds. The average Bonchev–Trinajstić information content (AvgIpc) is 3.18. The van der Waals surface area contributed by atoms with Gasteiger partial charge in [-0.3, -0.25) is 24.3 Å². The maximum Gasteiger partial charge on any atom is 0.247 e. The summed E-state index contributed by atoms with van der Waals surface area (Å²) in [5.74, 6) is -0.0724. The van der Waals surface area contributed by atoms with Gasteiger partial charge >= 0.3 is 0 Å². The van der Waals surface area contributed by atoms with Gasteiger partial charge in [0.15, 0.2) is 0 Å². The van der Waals surface area contributed by atoms with E-state index in [2.05, 4.69) is 70.5 Å². The van der Waals surface area contributed by atoms with Gasteiger partial charge in [-0.15, -0.1) is 0 Å². The van der Waals surface area contributed by atoms with E-state index in [0.717, 1.165) is 31.7 Å². The molecule has 0 N–H and O–H groups in total. The number of hydrogen-bond acceptors (Lipinski definition) is 4. The van der Waals surface area contributed by atoms with Crippen molar-refractivity contribution in [2.24, 2.45) is 0 Å². The predicted molar refractivity (Wildman–Crippen MR) is 133 cm³/mol. The average molecular weight is 454 g/mol. The normalized spacial score (nSPS) is 19.8. The number of imide groups is 1. The molecule has 34 heavy (non-hydrogen) atoms. The van der Waals surface area contributed by atoms with Crippen LogP contribution in [-0.2, 0) is 16.0 Å².